The molecule has 25 heavy (non-hydrogen) atoms. The van der Waals surface area contributed by atoms with E-state index in [4.69, 9.17) is 0 Å². The van der Waals surface area contributed by atoms with Gasteiger partial charge in [0.15, 0.2) is 0 Å². The Kier molecular flexibility index (Phi) is 4.80. The number of nitrogens with one attached hydrogen (secondary N) is 2. The molecule has 1 amide bonds. The molecule has 0 atom stereocenters. The second-order valence-corrected chi connectivity index (χ2v) is 6.13. The molecule has 126 valence electrons. The third-order valence-corrected chi connectivity index (χ3v) is 4.20. The summed E-state index contributed by atoms with van der Waals surface area (Å²) in [5, 5.41) is 8.36. The summed E-state index contributed by atoms with van der Waals surface area (Å²) in [4.78, 5) is 12.8. The van der Waals surface area contributed by atoms with Crippen molar-refractivity contribution >= 4 is 33.9 Å². The fraction of sp³-hybridized carbons (Fsp3) is 0.143. The molecule has 4 nitrogen and oxygen atoms in total. The lowest BCUT2D eigenvalue weighted by molar-refractivity contribution is -0.464. The maximum Gasteiger partial charge on any atom is 0.256 e. The molecule has 0 aliphatic rings. The topological polar surface area (TPSA) is 44.1 Å². The Balaban J connectivity index is 1.92. The first-order valence-electron chi connectivity index (χ1n) is 8.22. The van der Waals surface area contributed by atoms with Crippen molar-refractivity contribution in [2.75, 3.05) is 24.7 Å². The Labute approximate surface area is 147 Å². The number of carbonyl (C=O) groups is 1. The first-order chi connectivity index (χ1) is 12.1. The number of para-hydroxylation sites is 2. The normalized spacial score (nSPS) is 10.4. The van der Waals surface area contributed by atoms with Crippen LogP contribution < -0.4 is 10.6 Å². The van der Waals surface area contributed by atoms with Crippen molar-refractivity contribution in [1.29, 1.82) is 0 Å². The first kappa shape index (κ1) is 16.7. The zero-order valence-electron chi connectivity index (χ0n) is 14.7. The molecule has 3 rings (SSSR count). The zero-order chi connectivity index (χ0) is 17.8. The molecule has 0 bridgehead atoms. The molecular weight excluding hydrogens is 310 g/mol. The predicted octanol–water partition coefficient (Wildman–Crippen LogP) is 4.19. The monoisotopic (exact) mass is 332 g/mol. The molecule has 0 fully saturated rings. The van der Waals surface area contributed by atoms with Crippen LogP contribution in [0.25, 0.3) is 10.8 Å². The van der Waals surface area contributed by atoms with Crippen molar-refractivity contribution in [2.24, 2.45) is 0 Å². The third-order valence-electron chi connectivity index (χ3n) is 4.20. The molecular formula is C21H22N3O+. The van der Waals surface area contributed by atoms with E-state index in [9.17, 15) is 4.79 Å². The number of anilines is 2. The van der Waals surface area contributed by atoms with Crippen LogP contribution in [0.4, 0.5) is 11.4 Å². The number of hydrogen-bond donors (Lipinski definition) is 2. The molecule has 0 unspecified atom stereocenters. The quantitative estimate of drug-likeness (QED) is 0.429. The van der Waals surface area contributed by atoms with Gasteiger partial charge in [-0.3, -0.25) is 9.37 Å². The molecule has 3 aromatic rings. The lowest BCUT2D eigenvalue weighted by atomic mass is 10.0. The lowest BCUT2D eigenvalue weighted by Gasteiger charge is -2.11. The van der Waals surface area contributed by atoms with Gasteiger partial charge in [-0.1, -0.05) is 48.5 Å². The van der Waals surface area contributed by atoms with Crippen molar-refractivity contribution in [2.45, 2.75) is 6.92 Å². The summed E-state index contributed by atoms with van der Waals surface area (Å²) in [5.74, 6) is 0.875. The highest BCUT2D eigenvalue weighted by molar-refractivity contribution is 6.14. The highest BCUT2D eigenvalue weighted by atomic mass is 16.1. The van der Waals surface area contributed by atoms with E-state index in [0.29, 0.717) is 5.56 Å². The molecule has 4 heteroatoms. The zero-order valence-corrected chi connectivity index (χ0v) is 14.7. The SMILES string of the molecule is CC(Nc1ccccc1NC(=O)c1cccc2ccccc12)=[N+](C)C. The second kappa shape index (κ2) is 7.18. The number of carbonyl (C=O) groups excluding carboxylic acids is 1. The van der Waals surface area contributed by atoms with E-state index in [1.54, 1.807) is 0 Å². The molecule has 3 aromatic carbocycles. The van der Waals surface area contributed by atoms with Gasteiger partial charge in [0.25, 0.3) is 5.91 Å². The van der Waals surface area contributed by atoms with E-state index in [1.165, 1.54) is 0 Å². The fourth-order valence-electron chi connectivity index (χ4n) is 2.62. The molecule has 0 aromatic heterocycles. The summed E-state index contributed by atoms with van der Waals surface area (Å²) in [5.41, 5.74) is 2.28. The number of hydrogen-bond acceptors (Lipinski definition) is 1. The summed E-state index contributed by atoms with van der Waals surface area (Å²) < 4.78 is 1.99. The van der Waals surface area contributed by atoms with E-state index in [-0.39, 0.29) is 5.91 Å². The average Bonchev–Trinajstić information content (AvgIpc) is 2.62. The minimum absolute atomic E-state index is 0.117. The summed E-state index contributed by atoms with van der Waals surface area (Å²) in [6.45, 7) is 1.99. The summed E-state index contributed by atoms with van der Waals surface area (Å²) >= 11 is 0. The van der Waals surface area contributed by atoms with Gasteiger partial charge in [0.05, 0.1) is 19.8 Å². The van der Waals surface area contributed by atoms with Crippen LogP contribution in [-0.2, 0) is 0 Å². The van der Waals surface area contributed by atoms with Crippen LogP contribution in [0.2, 0.25) is 0 Å². The van der Waals surface area contributed by atoms with E-state index >= 15 is 0 Å². The molecule has 2 N–H and O–H groups in total. The maximum absolute atomic E-state index is 12.8. The Bertz CT molecular complexity index is 951. The van der Waals surface area contributed by atoms with Crippen LogP contribution in [0.1, 0.15) is 17.3 Å². The van der Waals surface area contributed by atoms with E-state index in [2.05, 4.69) is 10.6 Å². The van der Waals surface area contributed by atoms with Gasteiger partial charge < -0.3 is 5.32 Å². The average molecular weight is 332 g/mol. The Morgan fingerprint density at radius 3 is 2.12 bits per heavy atom. The number of fused-ring (bicyclic) bond motifs is 1. The van der Waals surface area contributed by atoms with Crippen LogP contribution >= 0.6 is 0 Å². The maximum atomic E-state index is 12.8. The molecule has 0 spiro atoms. The molecule has 0 heterocycles. The first-order valence-corrected chi connectivity index (χ1v) is 8.22. The van der Waals surface area contributed by atoms with Gasteiger partial charge in [-0.2, -0.15) is 0 Å². The van der Waals surface area contributed by atoms with Gasteiger partial charge in [-0.15, -0.1) is 0 Å². The Morgan fingerprint density at radius 1 is 0.800 bits per heavy atom. The molecule has 0 aliphatic carbocycles. The number of benzene rings is 3. The van der Waals surface area contributed by atoms with E-state index in [0.717, 1.165) is 28.0 Å². The second-order valence-electron chi connectivity index (χ2n) is 6.13. The largest absolute Gasteiger partial charge is 0.318 e. The van der Waals surface area contributed by atoms with Gasteiger partial charge in [0.2, 0.25) is 5.84 Å². The fourth-order valence-corrected chi connectivity index (χ4v) is 2.62. The van der Waals surface area contributed by atoms with Crippen LogP contribution in [0, 0.1) is 0 Å². The highest BCUT2D eigenvalue weighted by Crippen LogP contribution is 2.24. The van der Waals surface area contributed by atoms with Crippen LogP contribution in [0.5, 0.6) is 0 Å². The standard InChI is InChI=1S/C21H21N3O/c1-15(24(2)3)22-19-13-6-7-14-20(19)23-21(25)18-12-8-10-16-9-4-5-11-17(16)18/h4-14H,1-3H3,(H,23,25)/p+1. The summed E-state index contributed by atoms with van der Waals surface area (Å²) in [6, 6.07) is 21.4. The smallest absolute Gasteiger partial charge is 0.256 e. The number of amides is 1. The van der Waals surface area contributed by atoms with Gasteiger partial charge in [0, 0.05) is 12.5 Å². The summed E-state index contributed by atoms with van der Waals surface area (Å²) in [6.07, 6.45) is 0. The van der Waals surface area contributed by atoms with Crippen molar-refractivity contribution in [1.82, 2.24) is 0 Å². The van der Waals surface area contributed by atoms with Gasteiger partial charge in [-0.25, -0.2) is 5.32 Å². The molecule has 0 saturated heterocycles. The molecule has 0 radical (unpaired) electrons. The van der Waals surface area contributed by atoms with Gasteiger partial charge in [-0.05, 0) is 29.0 Å². The van der Waals surface area contributed by atoms with E-state index in [1.807, 2.05) is 92.3 Å². The number of rotatable bonds is 3. The van der Waals surface area contributed by atoms with E-state index < -0.39 is 0 Å². The van der Waals surface area contributed by atoms with Crippen LogP contribution in [0.15, 0.2) is 66.7 Å². The lowest BCUT2D eigenvalue weighted by Crippen LogP contribution is -2.20. The van der Waals surface area contributed by atoms with Crippen LogP contribution in [-0.4, -0.2) is 30.4 Å². The Morgan fingerprint density at radius 2 is 1.40 bits per heavy atom. The minimum Gasteiger partial charge on any atom is -0.318 e. The summed E-state index contributed by atoms with van der Waals surface area (Å²) in [7, 11) is 3.94. The number of nitrogens with zero attached hydrogens (tertiary/aromatic N) is 1. The minimum atomic E-state index is -0.117. The van der Waals surface area contributed by atoms with Crippen LogP contribution in [0.3, 0.4) is 0 Å². The molecule has 0 aliphatic heterocycles. The Hall–Kier alpha value is -3.14. The van der Waals surface area contributed by atoms with Crippen molar-refractivity contribution in [3.63, 3.8) is 0 Å². The van der Waals surface area contributed by atoms with Crippen molar-refractivity contribution in [3.05, 3.63) is 72.3 Å². The predicted molar refractivity (Wildman–Crippen MR) is 105 cm³/mol. The van der Waals surface area contributed by atoms with Crippen molar-refractivity contribution in [3.8, 4) is 0 Å². The van der Waals surface area contributed by atoms with Gasteiger partial charge >= 0.3 is 0 Å². The third kappa shape index (κ3) is 3.69. The highest BCUT2D eigenvalue weighted by Gasteiger charge is 2.14. The molecule has 0 saturated carbocycles. The van der Waals surface area contributed by atoms with Crippen molar-refractivity contribution < 1.29 is 9.37 Å². The number of amidine groups is 1. The van der Waals surface area contributed by atoms with Gasteiger partial charge in [0.1, 0.15) is 5.69 Å².